The third-order valence-corrected chi connectivity index (χ3v) is 7.00. The molecule has 1 aromatic rings. The molecule has 1 aromatic heterocycles. The zero-order chi connectivity index (χ0) is 16.7. The number of hydrogen-bond acceptors (Lipinski definition) is 5. The highest BCUT2D eigenvalue weighted by molar-refractivity contribution is 14.0. The summed E-state index contributed by atoms with van der Waals surface area (Å²) in [5.41, 5.74) is 0. The van der Waals surface area contributed by atoms with Crippen molar-refractivity contribution in [1.82, 2.24) is 10.6 Å². The number of halogens is 1. The molecule has 1 saturated carbocycles. The maximum atomic E-state index is 12.1. The van der Waals surface area contributed by atoms with Crippen LogP contribution in [0.15, 0.2) is 26.7 Å². The van der Waals surface area contributed by atoms with Gasteiger partial charge in [-0.2, -0.15) is 0 Å². The summed E-state index contributed by atoms with van der Waals surface area (Å²) in [5.74, 6) is 0.340. The van der Waals surface area contributed by atoms with E-state index in [9.17, 15) is 13.5 Å². The maximum absolute atomic E-state index is 12.1. The van der Waals surface area contributed by atoms with Crippen molar-refractivity contribution in [2.75, 3.05) is 18.8 Å². The van der Waals surface area contributed by atoms with Crippen LogP contribution in [0, 0.1) is 0 Å². The van der Waals surface area contributed by atoms with Gasteiger partial charge in [-0.15, -0.1) is 35.3 Å². The van der Waals surface area contributed by atoms with E-state index in [4.69, 9.17) is 0 Å². The number of guanidine groups is 1. The Morgan fingerprint density at radius 2 is 2.17 bits per heavy atom. The Balaban J connectivity index is 0.00000288. The van der Waals surface area contributed by atoms with Crippen LogP contribution in [0.4, 0.5) is 0 Å². The average molecular weight is 487 g/mol. The van der Waals surface area contributed by atoms with Crippen LogP contribution < -0.4 is 10.6 Å². The first-order valence-electron chi connectivity index (χ1n) is 8.00. The number of thiophene rings is 1. The predicted octanol–water partition coefficient (Wildman–Crippen LogP) is 2.00. The molecule has 0 spiro atoms. The summed E-state index contributed by atoms with van der Waals surface area (Å²) in [5, 5.41) is 18.2. The van der Waals surface area contributed by atoms with Gasteiger partial charge in [0.15, 0.2) is 15.8 Å². The van der Waals surface area contributed by atoms with Crippen molar-refractivity contribution in [3.63, 3.8) is 0 Å². The van der Waals surface area contributed by atoms with Gasteiger partial charge in [-0.1, -0.05) is 18.9 Å². The molecule has 1 heterocycles. The number of sulfone groups is 1. The van der Waals surface area contributed by atoms with Crippen LogP contribution in [0.2, 0.25) is 0 Å². The molecule has 24 heavy (non-hydrogen) atoms. The van der Waals surface area contributed by atoms with Crippen molar-refractivity contribution in [1.29, 1.82) is 0 Å². The molecule has 0 saturated heterocycles. The van der Waals surface area contributed by atoms with E-state index in [1.54, 1.807) is 17.5 Å². The molecule has 1 fully saturated rings. The third kappa shape index (κ3) is 6.85. The standard InChI is InChI=1S/C15H25N3O3S2.HI/c1-2-16-15(18-12-6-3-4-7-12)17-10-13(19)11-23(20,21)14-8-5-9-22-14;/h5,8-9,12-13,19H,2-4,6-7,10-11H2,1H3,(H2,16,17,18);1H. The molecule has 0 aromatic carbocycles. The molecule has 1 aliphatic carbocycles. The van der Waals surface area contributed by atoms with Crippen LogP contribution in [0.5, 0.6) is 0 Å². The highest BCUT2D eigenvalue weighted by Crippen LogP contribution is 2.18. The highest BCUT2D eigenvalue weighted by atomic mass is 127. The Kier molecular flexibility index (Phi) is 9.53. The number of nitrogens with zero attached hydrogens (tertiary/aromatic N) is 1. The molecule has 1 unspecified atom stereocenters. The molecule has 6 nitrogen and oxygen atoms in total. The molecule has 0 amide bonds. The fraction of sp³-hybridized carbons (Fsp3) is 0.667. The van der Waals surface area contributed by atoms with Gasteiger partial charge in [0, 0.05) is 12.6 Å². The highest BCUT2D eigenvalue weighted by Gasteiger charge is 2.21. The molecule has 0 aliphatic heterocycles. The molecule has 0 radical (unpaired) electrons. The van der Waals surface area contributed by atoms with E-state index in [2.05, 4.69) is 15.6 Å². The van der Waals surface area contributed by atoms with E-state index in [1.165, 1.54) is 24.2 Å². The Morgan fingerprint density at radius 1 is 1.46 bits per heavy atom. The number of hydrogen-bond donors (Lipinski definition) is 3. The zero-order valence-corrected chi connectivity index (χ0v) is 17.7. The molecular formula is C15H26IN3O3S2. The zero-order valence-electron chi connectivity index (χ0n) is 13.8. The van der Waals surface area contributed by atoms with Crippen LogP contribution in [-0.4, -0.2) is 50.5 Å². The van der Waals surface area contributed by atoms with E-state index >= 15 is 0 Å². The largest absolute Gasteiger partial charge is 0.390 e. The van der Waals surface area contributed by atoms with Crippen molar-refractivity contribution < 1.29 is 13.5 Å². The van der Waals surface area contributed by atoms with Crippen LogP contribution in [0.25, 0.3) is 0 Å². The second-order valence-electron chi connectivity index (χ2n) is 5.71. The van der Waals surface area contributed by atoms with Gasteiger partial charge in [-0.3, -0.25) is 4.99 Å². The quantitative estimate of drug-likeness (QED) is 0.311. The lowest BCUT2D eigenvalue weighted by molar-refractivity contribution is 0.206. The summed E-state index contributed by atoms with van der Waals surface area (Å²) in [6, 6.07) is 3.67. The lowest BCUT2D eigenvalue weighted by Gasteiger charge is -2.17. The second-order valence-corrected chi connectivity index (χ2v) is 8.92. The molecule has 9 heteroatoms. The fourth-order valence-electron chi connectivity index (χ4n) is 2.61. The van der Waals surface area contributed by atoms with Gasteiger partial charge in [-0.05, 0) is 31.2 Å². The number of nitrogens with one attached hydrogen (secondary N) is 2. The molecule has 1 atom stereocenters. The van der Waals surface area contributed by atoms with Crippen LogP contribution >= 0.6 is 35.3 Å². The molecule has 138 valence electrons. The molecular weight excluding hydrogens is 461 g/mol. The topological polar surface area (TPSA) is 90.8 Å². The van der Waals surface area contributed by atoms with Gasteiger partial charge in [0.05, 0.1) is 18.4 Å². The van der Waals surface area contributed by atoms with E-state index in [-0.39, 0.29) is 40.5 Å². The van der Waals surface area contributed by atoms with Crippen molar-refractivity contribution in [3.05, 3.63) is 17.5 Å². The summed E-state index contributed by atoms with van der Waals surface area (Å²) >= 11 is 1.17. The van der Waals surface area contributed by atoms with Crippen molar-refractivity contribution >= 4 is 51.1 Å². The first kappa shape index (κ1) is 21.7. The van der Waals surface area contributed by atoms with Crippen molar-refractivity contribution in [3.8, 4) is 0 Å². The molecule has 1 aliphatic rings. The first-order chi connectivity index (χ1) is 11.0. The lowest BCUT2D eigenvalue weighted by Crippen LogP contribution is -2.43. The summed E-state index contributed by atoms with van der Waals surface area (Å²) < 4.78 is 24.5. The number of aliphatic hydroxyl groups is 1. The van der Waals surface area contributed by atoms with Gasteiger partial charge >= 0.3 is 0 Å². The molecule has 0 bridgehead atoms. The minimum Gasteiger partial charge on any atom is -0.390 e. The predicted molar refractivity (Wildman–Crippen MR) is 109 cm³/mol. The summed E-state index contributed by atoms with van der Waals surface area (Å²) in [6.45, 7) is 2.76. The average Bonchev–Trinajstić information content (AvgIpc) is 3.18. The SMILES string of the molecule is CCNC(=NCC(O)CS(=O)(=O)c1cccs1)NC1CCCC1.I. The van der Waals surface area contributed by atoms with Gasteiger partial charge < -0.3 is 15.7 Å². The van der Waals surface area contributed by atoms with Gasteiger partial charge in [0.25, 0.3) is 0 Å². The summed E-state index contributed by atoms with van der Waals surface area (Å²) in [7, 11) is -3.44. The van der Waals surface area contributed by atoms with E-state index < -0.39 is 15.9 Å². The second kappa shape index (κ2) is 10.6. The van der Waals surface area contributed by atoms with Crippen LogP contribution in [0.1, 0.15) is 32.6 Å². The minimum atomic E-state index is -3.44. The van der Waals surface area contributed by atoms with Crippen molar-refractivity contribution in [2.24, 2.45) is 4.99 Å². The molecule has 2 rings (SSSR count). The third-order valence-electron chi connectivity index (χ3n) is 3.71. The Morgan fingerprint density at radius 3 is 2.75 bits per heavy atom. The summed E-state index contributed by atoms with van der Waals surface area (Å²) in [6.07, 6.45) is 3.68. The summed E-state index contributed by atoms with van der Waals surface area (Å²) in [4.78, 5) is 4.33. The van der Waals surface area contributed by atoms with Crippen molar-refractivity contribution in [2.45, 2.75) is 49.0 Å². The Bertz CT molecular complexity index is 599. The lowest BCUT2D eigenvalue weighted by atomic mass is 10.2. The number of aliphatic hydroxyl groups excluding tert-OH is 1. The maximum Gasteiger partial charge on any atom is 0.191 e. The Hall–Kier alpha value is -0.390. The smallest absolute Gasteiger partial charge is 0.191 e. The molecule has 3 N–H and O–H groups in total. The van der Waals surface area contributed by atoms with Gasteiger partial charge in [0.1, 0.15) is 4.21 Å². The van der Waals surface area contributed by atoms with E-state index in [0.29, 0.717) is 12.0 Å². The fourth-order valence-corrected chi connectivity index (χ4v) is 5.08. The van der Waals surface area contributed by atoms with E-state index in [0.717, 1.165) is 19.4 Å². The minimum absolute atomic E-state index is 0. The normalized spacial score (nSPS) is 17.3. The monoisotopic (exact) mass is 487 g/mol. The Labute approximate surface area is 165 Å². The van der Waals surface area contributed by atoms with Crippen LogP contribution in [-0.2, 0) is 9.84 Å². The van der Waals surface area contributed by atoms with Gasteiger partial charge in [0.2, 0.25) is 0 Å². The first-order valence-corrected chi connectivity index (χ1v) is 10.5. The number of rotatable bonds is 7. The van der Waals surface area contributed by atoms with Gasteiger partial charge in [-0.25, -0.2) is 8.42 Å². The van der Waals surface area contributed by atoms with Crippen LogP contribution in [0.3, 0.4) is 0 Å². The van der Waals surface area contributed by atoms with E-state index in [1.807, 2.05) is 6.92 Å². The number of aliphatic imine (C=N–C) groups is 1.